The number of nitrogens with one attached hydrogen (secondary N) is 2. The molecule has 0 saturated heterocycles. The van der Waals surface area contributed by atoms with Crippen molar-refractivity contribution in [3.63, 3.8) is 0 Å². The minimum Gasteiger partial charge on any atom is -0.491 e. The number of carbonyl (C=O) groups excluding carboxylic acids is 4. The van der Waals surface area contributed by atoms with Gasteiger partial charge >= 0.3 is 6.03 Å². The second-order valence-electron chi connectivity index (χ2n) is 11.3. The van der Waals surface area contributed by atoms with Crippen molar-refractivity contribution in [1.82, 2.24) is 15.5 Å². The number of rotatable bonds is 9. The lowest BCUT2D eigenvalue weighted by Crippen LogP contribution is -2.54. The molecule has 1 saturated carbocycles. The SMILES string of the molecule is O=CC(CCC(=O)N1CCOc2ccccc2C1)NC(=O)C(CC1CCCCC1)NC(=O)N1CCc2ccccc21. The van der Waals surface area contributed by atoms with E-state index < -0.39 is 12.1 Å². The molecule has 0 radical (unpaired) electrons. The maximum Gasteiger partial charge on any atom is 0.322 e. The van der Waals surface area contributed by atoms with Crippen molar-refractivity contribution in [1.29, 1.82) is 0 Å². The van der Waals surface area contributed by atoms with Crippen molar-refractivity contribution in [3.05, 3.63) is 59.7 Å². The molecular formula is C32H40N4O5. The number of hydrogen-bond donors (Lipinski definition) is 2. The third kappa shape index (κ3) is 7.26. The summed E-state index contributed by atoms with van der Waals surface area (Å²) in [6.45, 7) is 1.87. The summed E-state index contributed by atoms with van der Waals surface area (Å²) in [4.78, 5) is 55.3. The summed E-state index contributed by atoms with van der Waals surface area (Å²) in [5, 5.41) is 5.80. The van der Waals surface area contributed by atoms with Gasteiger partial charge in [-0.3, -0.25) is 14.5 Å². The number of fused-ring (bicyclic) bond motifs is 2. The fourth-order valence-electron chi connectivity index (χ4n) is 6.20. The van der Waals surface area contributed by atoms with Crippen LogP contribution in [0.3, 0.4) is 0 Å². The van der Waals surface area contributed by atoms with Crippen LogP contribution in [-0.2, 0) is 27.3 Å². The Hall–Kier alpha value is -3.88. The van der Waals surface area contributed by atoms with Gasteiger partial charge in [-0.25, -0.2) is 4.79 Å². The molecule has 2 aliphatic heterocycles. The van der Waals surface area contributed by atoms with Crippen LogP contribution in [0.25, 0.3) is 0 Å². The van der Waals surface area contributed by atoms with E-state index in [9.17, 15) is 19.2 Å². The molecule has 2 N–H and O–H groups in total. The molecule has 2 atom stereocenters. The Morgan fingerprint density at radius 1 is 0.951 bits per heavy atom. The van der Waals surface area contributed by atoms with Crippen molar-refractivity contribution >= 4 is 29.8 Å². The topological polar surface area (TPSA) is 108 Å². The van der Waals surface area contributed by atoms with E-state index in [2.05, 4.69) is 10.6 Å². The van der Waals surface area contributed by atoms with Gasteiger partial charge < -0.3 is 25.1 Å². The van der Waals surface area contributed by atoms with E-state index in [-0.39, 0.29) is 30.7 Å². The van der Waals surface area contributed by atoms with E-state index in [0.717, 1.165) is 54.7 Å². The Morgan fingerprint density at radius 3 is 2.51 bits per heavy atom. The van der Waals surface area contributed by atoms with Crippen molar-refractivity contribution in [2.24, 2.45) is 5.92 Å². The summed E-state index contributed by atoms with van der Waals surface area (Å²) in [5.41, 5.74) is 2.93. The third-order valence-electron chi connectivity index (χ3n) is 8.51. The highest BCUT2D eigenvalue weighted by Gasteiger charge is 2.31. The van der Waals surface area contributed by atoms with Gasteiger partial charge in [-0.15, -0.1) is 0 Å². The molecule has 2 aromatic carbocycles. The lowest BCUT2D eigenvalue weighted by molar-refractivity contribution is -0.132. The summed E-state index contributed by atoms with van der Waals surface area (Å²) in [5.74, 6) is 0.656. The van der Waals surface area contributed by atoms with Gasteiger partial charge in [-0.2, -0.15) is 0 Å². The molecule has 4 amide bonds. The predicted octanol–water partition coefficient (Wildman–Crippen LogP) is 3.98. The molecule has 2 aromatic rings. The summed E-state index contributed by atoms with van der Waals surface area (Å²) in [7, 11) is 0. The van der Waals surface area contributed by atoms with E-state index in [4.69, 9.17) is 4.74 Å². The fourth-order valence-corrected chi connectivity index (χ4v) is 6.20. The normalized spacial score (nSPS) is 18.2. The molecule has 41 heavy (non-hydrogen) atoms. The Labute approximate surface area is 241 Å². The van der Waals surface area contributed by atoms with Crippen LogP contribution in [0.5, 0.6) is 5.75 Å². The number of hydrogen-bond acceptors (Lipinski definition) is 5. The third-order valence-corrected chi connectivity index (χ3v) is 8.51. The number of urea groups is 1. The zero-order valence-electron chi connectivity index (χ0n) is 23.6. The zero-order chi connectivity index (χ0) is 28.6. The van der Waals surface area contributed by atoms with Gasteiger partial charge in [0.1, 0.15) is 24.7 Å². The Morgan fingerprint density at radius 2 is 1.71 bits per heavy atom. The minimum atomic E-state index is -0.819. The molecule has 9 nitrogen and oxygen atoms in total. The van der Waals surface area contributed by atoms with Crippen molar-refractivity contribution in [2.45, 2.75) is 76.4 Å². The Bertz CT molecular complexity index is 1240. The smallest absolute Gasteiger partial charge is 0.322 e. The molecule has 1 fully saturated rings. The molecule has 0 spiro atoms. The first-order valence-corrected chi connectivity index (χ1v) is 14.9. The number of aldehydes is 1. The van der Waals surface area contributed by atoms with E-state index >= 15 is 0 Å². The average Bonchev–Trinajstić information content (AvgIpc) is 3.31. The van der Waals surface area contributed by atoms with Crippen LogP contribution in [0.4, 0.5) is 10.5 Å². The predicted molar refractivity (Wildman–Crippen MR) is 156 cm³/mol. The number of carbonyl (C=O) groups is 4. The van der Waals surface area contributed by atoms with Crippen molar-refractivity contribution < 1.29 is 23.9 Å². The molecule has 3 aliphatic rings. The van der Waals surface area contributed by atoms with Gasteiger partial charge in [-0.05, 0) is 42.9 Å². The summed E-state index contributed by atoms with van der Waals surface area (Å²) in [6.07, 6.45) is 7.80. The summed E-state index contributed by atoms with van der Waals surface area (Å²) in [6, 6.07) is 13.6. The van der Waals surface area contributed by atoms with Gasteiger partial charge in [0.15, 0.2) is 0 Å². The molecule has 2 heterocycles. The second kappa shape index (κ2) is 13.7. The van der Waals surface area contributed by atoms with Gasteiger partial charge in [0.2, 0.25) is 11.8 Å². The molecule has 5 rings (SSSR count). The molecular weight excluding hydrogens is 520 g/mol. The highest BCUT2D eigenvalue weighted by atomic mass is 16.5. The lowest BCUT2D eigenvalue weighted by Gasteiger charge is -2.29. The number of para-hydroxylation sites is 2. The number of ether oxygens (including phenoxy) is 1. The van der Waals surface area contributed by atoms with Crippen molar-refractivity contribution in [2.75, 3.05) is 24.6 Å². The number of benzene rings is 2. The van der Waals surface area contributed by atoms with Crippen LogP contribution >= 0.6 is 0 Å². The number of nitrogens with zero attached hydrogens (tertiary/aromatic N) is 2. The monoisotopic (exact) mass is 560 g/mol. The zero-order valence-corrected chi connectivity index (χ0v) is 23.6. The second-order valence-corrected chi connectivity index (χ2v) is 11.3. The van der Waals surface area contributed by atoms with E-state index in [1.807, 2.05) is 48.5 Å². The highest BCUT2D eigenvalue weighted by molar-refractivity contribution is 5.97. The number of amides is 4. The maximum absolute atomic E-state index is 13.5. The maximum atomic E-state index is 13.5. The first-order chi connectivity index (χ1) is 20.0. The minimum absolute atomic E-state index is 0.0915. The average molecular weight is 561 g/mol. The van der Waals surface area contributed by atoms with Crippen LogP contribution in [0, 0.1) is 5.92 Å². The van der Waals surface area contributed by atoms with Gasteiger partial charge in [0, 0.05) is 30.8 Å². The molecule has 2 unspecified atom stereocenters. The first-order valence-electron chi connectivity index (χ1n) is 14.9. The van der Waals surface area contributed by atoms with Crippen molar-refractivity contribution in [3.8, 4) is 5.75 Å². The summed E-state index contributed by atoms with van der Waals surface area (Å²) < 4.78 is 5.76. The molecule has 0 aromatic heterocycles. The summed E-state index contributed by atoms with van der Waals surface area (Å²) >= 11 is 0. The fraction of sp³-hybridized carbons (Fsp3) is 0.500. The van der Waals surface area contributed by atoms with Crippen LogP contribution in [0.15, 0.2) is 48.5 Å². The van der Waals surface area contributed by atoms with Gasteiger partial charge in [0.05, 0.1) is 12.6 Å². The van der Waals surface area contributed by atoms with E-state index in [1.165, 1.54) is 6.42 Å². The van der Waals surface area contributed by atoms with Crippen LogP contribution in [0.1, 0.15) is 62.5 Å². The van der Waals surface area contributed by atoms with E-state index in [0.29, 0.717) is 44.9 Å². The first kappa shape index (κ1) is 28.6. The Kier molecular flexibility index (Phi) is 9.54. The lowest BCUT2D eigenvalue weighted by atomic mass is 9.84. The molecule has 218 valence electrons. The van der Waals surface area contributed by atoms with Crippen LogP contribution in [0.2, 0.25) is 0 Å². The standard InChI is InChI=1S/C32H40N4O5/c37-22-26(14-15-30(38)35-18-19-41-29-13-7-5-11-25(29)21-35)33-31(39)27(20-23-8-2-1-3-9-23)34-32(40)36-17-16-24-10-4-6-12-28(24)36/h4-7,10-13,22-23,26-27H,1-3,8-9,14-21H2,(H,33,39)(H,34,40). The van der Waals surface area contributed by atoms with Gasteiger partial charge in [0.25, 0.3) is 0 Å². The molecule has 9 heteroatoms. The molecule has 0 bridgehead atoms. The van der Waals surface area contributed by atoms with Gasteiger partial charge in [-0.1, -0.05) is 68.5 Å². The van der Waals surface area contributed by atoms with Crippen LogP contribution < -0.4 is 20.3 Å². The highest BCUT2D eigenvalue weighted by Crippen LogP contribution is 2.29. The largest absolute Gasteiger partial charge is 0.491 e. The molecule has 1 aliphatic carbocycles. The van der Waals surface area contributed by atoms with E-state index in [1.54, 1.807) is 9.80 Å². The number of anilines is 1. The van der Waals surface area contributed by atoms with Crippen LogP contribution in [-0.4, -0.2) is 60.8 Å². The Balaban J connectivity index is 1.19. The quantitative estimate of drug-likeness (QED) is 0.451.